The number of halogens is 3. The van der Waals surface area contributed by atoms with E-state index in [1.165, 1.54) is 0 Å². The van der Waals surface area contributed by atoms with Gasteiger partial charge in [0.05, 0.1) is 0 Å². The van der Waals surface area contributed by atoms with E-state index in [1.807, 2.05) is 0 Å². The summed E-state index contributed by atoms with van der Waals surface area (Å²) in [5.41, 5.74) is -0.138. The monoisotopic (exact) mass is 262 g/mol. The van der Waals surface area contributed by atoms with E-state index in [9.17, 15) is 18.0 Å². The molecule has 0 aromatic carbocycles. The van der Waals surface area contributed by atoms with Gasteiger partial charge in [0.1, 0.15) is 11.4 Å². The van der Waals surface area contributed by atoms with Crippen molar-refractivity contribution in [2.24, 2.45) is 0 Å². The third-order valence-electron chi connectivity index (χ3n) is 2.36. The number of nitrogens with zero attached hydrogens (tertiary/aromatic N) is 2. The topological polar surface area (TPSA) is 72.3 Å². The van der Waals surface area contributed by atoms with Crippen molar-refractivity contribution in [3.05, 3.63) is 17.5 Å². The van der Waals surface area contributed by atoms with Crippen LogP contribution in [0.25, 0.3) is 0 Å². The maximum absolute atomic E-state index is 12.1. The smallest absolute Gasteiger partial charge is 0.422 e. The standard InChI is InChI=1S/C10H9F3N2O3/c11-10(12,13)4-18-7-3-6(9(16)17)14-15-8(7)5-1-2-5/h3,5H,1-2,4H2,(H,16,17). The van der Waals surface area contributed by atoms with Crippen LogP contribution in [0.4, 0.5) is 13.2 Å². The van der Waals surface area contributed by atoms with Crippen molar-refractivity contribution in [2.45, 2.75) is 24.9 Å². The molecule has 1 aliphatic rings. The van der Waals surface area contributed by atoms with Gasteiger partial charge in [-0.2, -0.15) is 18.3 Å². The fraction of sp³-hybridized carbons (Fsp3) is 0.500. The SMILES string of the molecule is O=C(O)c1cc(OCC(F)(F)F)c(C2CC2)nn1. The van der Waals surface area contributed by atoms with Crippen LogP contribution in [0.2, 0.25) is 0 Å². The lowest BCUT2D eigenvalue weighted by molar-refractivity contribution is -0.153. The Morgan fingerprint density at radius 3 is 2.61 bits per heavy atom. The van der Waals surface area contributed by atoms with Crippen LogP contribution in [0, 0.1) is 0 Å². The molecule has 1 aromatic rings. The molecule has 0 unspecified atom stereocenters. The highest BCUT2D eigenvalue weighted by molar-refractivity contribution is 5.85. The number of rotatable bonds is 4. The van der Waals surface area contributed by atoms with Crippen LogP contribution in [0.3, 0.4) is 0 Å². The molecule has 1 aromatic heterocycles. The number of aromatic nitrogens is 2. The van der Waals surface area contributed by atoms with E-state index in [4.69, 9.17) is 5.11 Å². The first-order chi connectivity index (χ1) is 8.37. The van der Waals surface area contributed by atoms with E-state index in [-0.39, 0.29) is 11.7 Å². The minimum Gasteiger partial charge on any atom is -0.482 e. The molecule has 0 aliphatic heterocycles. The quantitative estimate of drug-likeness (QED) is 0.898. The zero-order valence-electron chi connectivity index (χ0n) is 9.07. The summed E-state index contributed by atoms with van der Waals surface area (Å²) < 4.78 is 40.8. The van der Waals surface area contributed by atoms with E-state index in [2.05, 4.69) is 14.9 Å². The summed E-state index contributed by atoms with van der Waals surface area (Å²) in [6, 6.07) is 0.981. The van der Waals surface area contributed by atoms with E-state index in [1.54, 1.807) is 0 Å². The van der Waals surface area contributed by atoms with E-state index in [0.29, 0.717) is 5.69 Å². The van der Waals surface area contributed by atoms with Gasteiger partial charge in [0.2, 0.25) is 0 Å². The van der Waals surface area contributed by atoms with Gasteiger partial charge < -0.3 is 9.84 Å². The number of ether oxygens (including phenoxy) is 1. The molecule has 1 fully saturated rings. The van der Waals surface area contributed by atoms with Crippen molar-refractivity contribution >= 4 is 5.97 Å². The van der Waals surface area contributed by atoms with Gasteiger partial charge in [-0.05, 0) is 12.8 Å². The van der Waals surface area contributed by atoms with Crippen molar-refractivity contribution in [1.82, 2.24) is 10.2 Å². The maximum atomic E-state index is 12.1. The Hall–Kier alpha value is -1.86. The van der Waals surface area contributed by atoms with Crippen LogP contribution >= 0.6 is 0 Å². The Morgan fingerprint density at radius 1 is 1.44 bits per heavy atom. The summed E-state index contributed by atoms with van der Waals surface area (Å²) in [5, 5.41) is 15.8. The number of alkyl halides is 3. The second-order valence-electron chi connectivity index (χ2n) is 3.96. The van der Waals surface area contributed by atoms with Gasteiger partial charge in [-0.3, -0.25) is 0 Å². The van der Waals surface area contributed by atoms with Crippen LogP contribution < -0.4 is 4.74 Å². The number of carbonyl (C=O) groups is 1. The molecular formula is C10H9F3N2O3. The molecule has 1 saturated carbocycles. The molecule has 1 aliphatic carbocycles. The van der Waals surface area contributed by atoms with Crippen molar-refractivity contribution in [3.8, 4) is 5.75 Å². The first-order valence-electron chi connectivity index (χ1n) is 5.17. The normalized spacial score (nSPS) is 15.5. The van der Waals surface area contributed by atoms with Crippen molar-refractivity contribution in [3.63, 3.8) is 0 Å². The Morgan fingerprint density at radius 2 is 2.11 bits per heavy atom. The van der Waals surface area contributed by atoms with Crippen molar-refractivity contribution in [1.29, 1.82) is 0 Å². The van der Waals surface area contributed by atoms with Crippen LogP contribution in [-0.4, -0.2) is 34.1 Å². The summed E-state index contributed by atoms with van der Waals surface area (Å²) in [7, 11) is 0. The second-order valence-corrected chi connectivity index (χ2v) is 3.96. The third kappa shape index (κ3) is 3.08. The molecule has 0 atom stereocenters. The lowest BCUT2D eigenvalue weighted by Crippen LogP contribution is -2.20. The largest absolute Gasteiger partial charge is 0.482 e. The van der Waals surface area contributed by atoms with Crippen LogP contribution in [0.5, 0.6) is 5.75 Å². The molecule has 1 N–H and O–H groups in total. The molecular weight excluding hydrogens is 253 g/mol. The minimum absolute atomic E-state index is 0.0172. The fourth-order valence-corrected chi connectivity index (χ4v) is 1.40. The summed E-state index contributed by atoms with van der Waals surface area (Å²) in [5.74, 6) is -1.49. The van der Waals surface area contributed by atoms with Gasteiger partial charge in [-0.1, -0.05) is 0 Å². The van der Waals surface area contributed by atoms with Gasteiger partial charge in [-0.15, -0.1) is 5.10 Å². The van der Waals surface area contributed by atoms with Gasteiger partial charge in [0, 0.05) is 12.0 Å². The van der Waals surface area contributed by atoms with Gasteiger partial charge in [0.15, 0.2) is 12.3 Å². The van der Waals surface area contributed by atoms with Gasteiger partial charge in [0.25, 0.3) is 0 Å². The highest BCUT2D eigenvalue weighted by atomic mass is 19.4. The average Bonchev–Trinajstić information content (AvgIpc) is 3.08. The molecule has 0 radical (unpaired) electrons. The lowest BCUT2D eigenvalue weighted by atomic mass is 10.2. The van der Waals surface area contributed by atoms with Crippen LogP contribution in [0.1, 0.15) is 34.9 Å². The third-order valence-corrected chi connectivity index (χ3v) is 2.36. The fourth-order valence-electron chi connectivity index (χ4n) is 1.40. The summed E-state index contributed by atoms with van der Waals surface area (Å²) in [4.78, 5) is 10.7. The Balaban J connectivity index is 2.23. The predicted molar refractivity (Wildman–Crippen MR) is 52.5 cm³/mol. The molecule has 0 spiro atoms. The second kappa shape index (κ2) is 4.43. The van der Waals surface area contributed by atoms with E-state index in [0.717, 1.165) is 18.9 Å². The highest BCUT2D eigenvalue weighted by Gasteiger charge is 2.33. The van der Waals surface area contributed by atoms with Gasteiger partial charge in [-0.25, -0.2) is 4.79 Å². The number of aromatic carboxylic acids is 1. The summed E-state index contributed by atoms with van der Waals surface area (Å²) >= 11 is 0. The molecule has 0 bridgehead atoms. The molecule has 18 heavy (non-hydrogen) atoms. The van der Waals surface area contributed by atoms with E-state index < -0.39 is 24.4 Å². The van der Waals surface area contributed by atoms with Crippen molar-refractivity contribution < 1.29 is 27.8 Å². The lowest BCUT2D eigenvalue weighted by Gasteiger charge is -2.12. The van der Waals surface area contributed by atoms with Gasteiger partial charge >= 0.3 is 12.1 Å². The zero-order valence-corrected chi connectivity index (χ0v) is 9.07. The number of hydrogen-bond donors (Lipinski definition) is 1. The molecule has 1 heterocycles. The molecule has 8 heteroatoms. The molecule has 2 rings (SSSR count). The number of hydrogen-bond acceptors (Lipinski definition) is 4. The maximum Gasteiger partial charge on any atom is 0.422 e. The molecule has 0 saturated heterocycles. The number of carboxylic acids is 1. The minimum atomic E-state index is -4.48. The van der Waals surface area contributed by atoms with Crippen LogP contribution in [0.15, 0.2) is 6.07 Å². The Bertz CT molecular complexity index is 472. The summed E-state index contributed by atoms with van der Waals surface area (Å²) in [6.45, 7) is -1.47. The number of carboxylic acid groups (broad SMARTS) is 1. The first kappa shape index (κ1) is 12.6. The summed E-state index contributed by atoms with van der Waals surface area (Å²) in [6.07, 6.45) is -2.89. The van der Waals surface area contributed by atoms with E-state index >= 15 is 0 Å². The Kier molecular flexibility index (Phi) is 3.10. The molecule has 5 nitrogen and oxygen atoms in total. The molecule has 98 valence electrons. The predicted octanol–water partition coefficient (Wildman–Crippen LogP) is 1.99. The Labute approximate surface area is 99.6 Å². The van der Waals surface area contributed by atoms with Crippen LogP contribution in [-0.2, 0) is 0 Å². The highest BCUT2D eigenvalue weighted by Crippen LogP contribution is 2.43. The first-order valence-corrected chi connectivity index (χ1v) is 5.17. The molecule has 0 amide bonds. The average molecular weight is 262 g/mol. The zero-order chi connectivity index (χ0) is 13.3. The van der Waals surface area contributed by atoms with Crippen molar-refractivity contribution in [2.75, 3.05) is 6.61 Å².